The van der Waals surface area contributed by atoms with E-state index in [0.717, 1.165) is 18.7 Å². The molecule has 4 heteroatoms. The van der Waals surface area contributed by atoms with Gasteiger partial charge in [-0.3, -0.25) is 4.79 Å². The molecule has 1 fully saturated rings. The maximum Gasteiger partial charge on any atom is 0.226 e. The predicted molar refractivity (Wildman–Crippen MR) is 78.2 cm³/mol. The van der Waals surface area contributed by atoms with E-state index >= 15 is 0 Å². The molecule has 19 heavy (non-hydrogen) atoms. The van der Waals surface area contributed by atoms with Gasteiger partial charge in [0.15, 0.2) is 0 Å². The predicted octanol–water partition coefficient (Wildman–Crippen LogP) is 2.71. The molecule has 1 aliphatic rings. The van der Waals surface area contributed by atoms with Gasteiger partial charge in [-0.05, 0) is 43.6 Å². The van der Waals surface area contributed by atoms with Crippen LogP contribution >= 0.6 is 11.6 Å². The van der Waals surface area contributed by atoms with Gasteiger partial charge in [-0.1, -0.05) is 30.7 Å². The fourth-order valence-corrected chi connectivity index (χ4v) is 2.57. The lowest BCUT2D eigenvalue weighted by Gasteiger charge is -2.35. The Morgan fingerprint density at radius 3 is 2.63 bits per heavy atom. The number of carbonyl (C=O) groups is 1. The van der Waals surface area contributed by atoms with Crippen LogP contribution in [-0.4, -0.2) is 30.9 Å². The summed E-state index contributed by atoms with van der Waals surface area (Å²) in [5, 5.41) is 3.93. The first-order valence-corrected chi connectivity index (χ1v) is 7.11. The Morgan fingerprint density at radius 1 is 1.42 bits per heavy atom. The number of hydrogen-bond donors (Lipinski definition) is 1. The first kappa shape index (κ1) is 14.4. The molecule has 2 atom stereocenters. The van der Waals surface area contributed by atoms with Gasteiger partial charge in [0, 0.05) is 18.0 Å². The summed E-state index contributed by atoms with van der Waals surface area (Å²) in [5.41, 5.74) is 1.07. The zero-order chi connectivity index (χ0) is 14.0. The molecular formula is C15H21ClN2O. The van der Waals surface area contributed by atoms with Gasteiger partial charge >= 0.3 is 0 Å². The van der Waals surface area contributed by atoms with E-state index in [1.165, 1.54) is 0 Å². The summed E-state index contributed by atoms with van der Waals surface area (Å²) < 4.78 is 0. The molecule has 0 spiro atoms. The highest BCUT2D eigenvalue weighted by atomic mass is 35.5. The number of nitrogens with one attached hydrogen (secondary N) is 1. The van der Waals surface area contributed by atoms with Crippen LogP contribution in [0, 0.1) is 11.8 Å². The number of carbonyl (C=O) groups excluding carboxylic acids is 1. The summed E-state index contributed by atoms with van der Waals surface area (Å²) in [5.74, 6) is 0.758. The normalized spacial score (nSPS) is 18.5. The Bertz CT molecular complexity index is 459. The number of nitrogens with zero attached hydrogens (tertiary/aromatic N) is 1. The van der Waals surface area contributed by atoms with Crippen LogP contribution in [0.2, 0.25) is 5.02 Å². The van der Waals surface area contributed by atoms with Crippen molar-refractivity contribution in [3.05, 3.63) is 34.9 Å². The van der Waals surface area contributed by atoms with Crippen LogP contribution < -0.4 is 5.32 Å². The number of amides is 1. The minimum absolute atomic E-state index is 0.0432. The second kappa shape index (κ2) is 5.93. The maximum atomic E-state index is 12.4. The van der Waals surface area contributed by atoms with Gasteiger partial charge in [-0.15, -0.1) is 0 Å². The van der Waals surface area contributed by atoms with E-state index in [1.807, 2.05) is 50.1 Å². The molecule has 1 amide bonds. The minimum atomic E-state index is 0.0432. The smallest absolute Gasteiger partial charge is 0.226 e. The Hall–Kier alpha value is -1.06. The highest BCUT2D eigenvalue weighted by Crippen LogP contribution is 2.25. The molecule has 3 nitrogen and oxygen atoms in total. The highest BCUT2D eigenvalue weighted by Gasteiger charge is 2.32. The average molecular weight is 281 g/mol. The number of halogens is 1. The second-order valence-electron chi connectivity index (χ2n) is 5.39. The fourth-order valence-electron chi connectivity index (χ4n) is 2.37. The molecular weight excluding hydrogens is 260 g/mol. The highest BCUT2D eigenvalue weighted by molar-refractivity contribution is 6.30. The number of hydrogen-bond acceptors (Lipinski definition) is 2. The third-order valence-corrected chi connectivity index (χ3v) is 4.40. The largest absolute Gasteiger partial charge is 0.339 e. The fraction of sp³-hybridized carbons (Fsp3) is 0.533. The van der Waals surface area contributed by atoms with Crippen molar-refractivity contribution in [2.75, 3.05) is 20.1 Å². The quantitative estimate of drug-likeness (QED) is 0.920. The summed E-state index contributed by atoms with van der Waals surface area (Å²) in [7, 11) is 1.87. The first-order valence-electron chi connectivity index (χ1n) is 6.73. The van der Waals surface area contributed by atoms with Gasteiger partial charge in [0.1, 0.15) is 0 Å². The topological polar surface area (TPSA) is 32.3 Å². The van der Waals surface area contributed by atoms with Gasteiger partial charge in [0.05, 0.1) is 6.04 Å². The summed E-state index contributed by atoms with van der Waals surface area (Å²) >= 11 is 6.01. The molecule has 0 aromatic heterocycles. The molecule has 1 aromatic carbocycles. The monoisotopic (exact) mass is 280 g/mol. The first-order chi connectivity index (χ1) is 9.00. The van der Waals surface area contributed by atoms with Gasteiger partial charge in [0.25, 0.3) is 0 Å². The van der Waals surface area contributed by atoms with E-state index in [1.54, 1.807) is 0 Å². The van der Waals surface area contributed by atoms with Crippen molar-refractivity contribution >= 4 is 17.5 Å². The zero-order valence-corrected chi connectivity index (χ0v) is 12.4. The molecule has 1 saturated heterocycles. The minimum Gasteiger partial charge on any atom is -0.339 e. The van der Waals surface area contributed by atoms with Crippen LogP contribution in [-0.2, 0) is 4.79 Å². The Balaban J connectivity index is 2.05. The Kier molecular flexibility index (Phi) is 4.48. The Morgan fingerprint density at radius 2 is 2.11 bits per heavy atom. The van der Waals surface area contributed by atoms with Crippen molar-refractivity contribution in [3.63, 3.8) is 0 Å². The molecule has 1 aliphatic heterocycles. The van der Waals surface area contributed by atoms with Crippen molar-refractivity contribution in [3.8, 4) is 0 Å². The average Bonchev–Trinajstić information content (AvgIpc) is 2.34. The molecule has 0 aliphatic carbocycles. The zero-order valence-electron chi connectivity index (χ0n) is 11.7. The molecule has 1 heterocycles. The Labute approximate surface area is 119 Å². The third-order valence-electron chi connectivity index (χ3n) is 4.17. The van der Waals surface area contributed by atoms with E-state index in [4.69, 9.17) is 11.6 Å². The van der Waals surface area contributed by atoms with Crippen LogP contribution in [0.25, 0.3) is 0 Å². The van der Waals surface area contributed by atoms with Gasteiger partial charge in [-0.2, -0.15) is 0 Å². The molecule has 0 bridgehead atoms. The number of rotatable bonds is 4. The molecule has 1 N–H and O–H groups in total. The van der Waals surface area contributed by atoms with Crippen molar-refractivity contribution < 1.29 is 4.79 Å². The lowest BCUT2D eigenvalue weighted by molar-refractivity contribution is -0.138. The van der Waals surface area contributed by atoms with Crippen LogP contribution in [0.5, 0.6) is 0 Å². The van der Waals surface area contributed by atoms with Crippen molar-refractivity contribution in [1.82, 2.24) is 10.2 Å². The standard InChI is InChI=1S/C15H21ClN2O/c1-10(13-8-17-9-13)15(19)18(3)11(2)12-5-4-6-14(16)7-12/h4-7,10-11,13,17H,8-9H2,1-3H3. The van der Waals surface area contributed by atoms with Gasteiger partial charge in [-0.25, -0.2) is 0 Å². The van der Waals surface area contributed by atoms with E-state index in [-0.39, 0.29) is 17.9 Å². The third kappa shape index (κ3) is 3.10. The van der Waals surface area contributed by atoms with Crippen LogP contribution in [0.4, 0.5) is 0 Å². The van der Waals surface area contributed by atoms with Crippen molar-refractivity contribution in [2.45, 2.75) is 19.9 Å². The molecule has 0 radical (unpaired) electrons. The summed E-state index contributed by atoms with van der Waals surface area (Å²) in [4.78, 5) is 14.3. The van der Waals surface area contributed by atoms with Crippen molar-refractivity contribution in [2.24, 2.45) is 11.8 Å². The SMILES string of the molecule is CC(C(=O)N(C)C(C)c1cccc(Cl)c1)C1CNC1. The van der Waals surface area contributed by atoms with E-state index in [2.05, 4.69) is 5.32 Å². The lowest BCUT2D eigenvalue weighted by Crippen LogP contribution is -2.50. The molecule has 0 saturated carbocycles. The number of benzene rings is 1. The maximum absolute atomic E-state index is 12.4. The van der Waals surface area contributed by atoms with Crippen LogP contribution in [0.1, 0.15) is 25.5 Å². The van der Waals surface area contributed by atoms with Crippen LogP contribution in [0.15, 0.2) is 24.3 Å². The summed E-state index contributed by atoms with van der Waals surface area (Å²) in [6.07, 6.45) is 0. The molecule has 1 aromatic rings. The molecule has 104 valence electrons. The molecule has 2 unspecified atom stereocenters. The van der Waals surface area contributed by atoms with E-state index in [0.29, 0.717) is 10.9 Å². The van der Waals surface area contributed by atoms with E-state index < -0.39 is 0 Å². The van der Waals surface area contributed by atoms with Gasteiger partial charge < -0.3 is 10.2 Å². The van der Waals surface area contributed by atoms with Crippen molar-refractivity contribution in [1.29, 1.82) is 0 Å². The lowest BCUT2D eigenvalue weighted by atomic mass is 9.87. The van der Waals surface area contributed by atoms with Crippen LogP contribution in [0.3, 0.4) is 0 Å². The van der Waals surface area contributed by atoms with E-state index in [9.17, 15) is 4.79 Å². The summed E-state index contributed by atoms with van der Waals surface area (Å²) in [6, 6.07) is 7.75. The summed E-state index contributed by atoms with van der Waals surface area (Å²) in [6.45, 7) is 5.96. The second-order valence-corrected chi connectivity index (χ2v) is 5.82. The van der Waals surface area contributed by atoms with Gasteiger partial charge in [0.2, 0.25) is 5.91 Å². The molecule has 2 rings (SSSR count).